The maximum absolute atomic E-state index is 13.2. The van der Waals surface area contributed by atoms with Crippen molar-refractivity contribution < 1.29 is 8.78 Å². The first kappa shape index (κ1) is 12.3. The second kappa shape index (κ2) is 3.95. The van der Waals surface area contributed by atoms with Crippen LogP contribution in [0.4, 0.5) is 14.5 Å². The Hall–Kier alpha value is -1.16. The van der Waals surface area contributed by atoms with Crippen LogP contribution < -0.4 is 10.6 Å². The Morgan fingerprint density at radius 2 is 1.82 bits per heavy atom. The predicted molar refractivity (Wildman–Crippen MR) is 65.7 cm³/mol. The number of rotatable bonds is 3. The van der Waals surface area contributed by atoms with Gasteiger partial charge in [-0.2, -0.15) is 0 Å². The van der Waals surface area contributed by atoms with E-state index >= 15 is 0 Å². The van der Waals surface area contributed by atoms with Gasteiger partial charge in [0, 0.05) is 44.6 Å². The van der Waals surface area contributed by atoms with E-state index < -0.39 is 11.3 Å². The summed E-state index contributed by atoms with van der Waals surface area (Å²) < 4.78 is 26.3. The summed E-state index contributed by atoms with van der Waals surface area (Å²) in [4.78, 5) is 1.95. The number of anilines is 1. The van der Waals surface area contributed by atoms with Crippen molar-refractivity contribution in [1.82, 2.24) is 0 Å². The lowest BCUT2D eigenvalue weighted by Crippen LogP contribution is -2.54. The van der Waals surface area contributed by atoms with Crippen LogP contribution in [0.3, 0.4) is 0 Å². The summed E-state index contributed by atoms with van der Waals surface area (Å²) in [6.07, 6.45) is -0.275. The van der Waals surface area contributed by atoms with Gasteiger partial charge in [-0.25, -0.2) is 8.78 Å². The molecule has 1 aromatic carbocycles. The maximum atomic E-state index is 13.2. The van der Waals surface area contributed by atoms with Gasteiger partial charge < -0.3 is 10.6 Å². The summed E-state index contributed by atoms with van der Waals surface area (Å²) in [5.41, 5.74) is 7.11. The number of para-hydroxylation sites is 1. The molecule has 2 N–H and O–H groups in total. The van der Waals surface area contributed by atoms with Gasteiger partial charge in [-0.1, -0.05) is 18.2 Å². The molecule has 94 valence electrons. The van der Waals surface area contributed by atoms with Gasteiger partial charge in [-0.05, 0) is 11.6 Å². The first-order chi connectivity index (χ1) is 7.90. The van der Waals surface area contributed by atoms with Gasteiger partial charge in [-0.3, -0.25) is 0 Å². The summed E-state index contributed by atoms with van der Waals surface area (Å²) in [5, 5.41) is 0. The van der Waals surface area contributed by atoms with Gasteiger partial charge in [0.15, 0.2) is 0 Å². The summed E-state index contributed by atoms with van der Waals surface area (Å²) in [6.45, 7) is 0.271. The van der Waals surface area contributed by atoms with Crippen molar-refractivity contribution in [3.63, 3.8) is 0 Å². The fourth-order valence-corrected chi connectivity index (χ4v) is 2.70. The lowest BCUT2D eigenvalue weighted by Gasteiger charge is -2.48. The van der Waals surface area contributed by atoms with Crippen molar-refractivity contribution in [2.75, 3.05) is 25.5 Å². The van der Waals surface area contributed by atoms with E-state index in [1.54, 1.807) is 0 Å². The van der Waals surface area contributed by atoms with Gasteiger partial charge in [-0.15, -0.1) is 0 Å². The largest absolute Gasteiger partial charge is 0.377 e. The molecule has 0 spiro atoms. The van der Waals surface area contributed by atoms with E-state index in [9.17, 15) is 8.78 Å². The average molecular weight is 240 g/mol. The van der Waals surface area contributed by atoms with Crippen LogP contribution in [0.15, 0.2) is 24.3 Å². The molecule has 0 unspecified atom stereocenters. The van der Waals surface area contributed by atoms with Crippen LogP contribution in [0.25, 0.3) is 0 Å². The van der Waals surface area contributed by atoms with Crippen molar-refractivity contribution in [3.05, 3.63) is 29.8 Å². The van der Waals surface area contributed by atoms with E-state index in [-0.39, 0.29) is 19.4 Å². The highest BCUT2D eigenvalue weighted by Gasteiger charge is 2.57. The molecule has 0 radical (unpaired) electrons. The topological polar surface area (TPSA) is 29.3 Å². The quantitative estimate of drug-likeness (QED) is 0.879. The molecular formula is C13H18F2N2. The number of nitrogens with two attached hydrogens (primary N) is 1. The Labute approximate surface area is 100 Å². The minimum atomic E-state index is -2.56. The molecule has 0 bridgehead atoms. The fraction of sp³-hybridized carbons (Fsp3) is 0.538. The van der Waals surface area contributed by atoms with E-state index in [1.807, 2.05) is 43.3 Å². The molecule has 2 nitrogen and oxygen atoms in total. The molecule has 0 aliphatic heterocycles. The Bertz CT molecular complexity index is 408. The zero-order chi connectivity index (χ0) is 12.7. The minimum absolute atomic E-state index is 0.138. The van der Waals surface area contributed by atoms with E-state index in [2.05, 4.69) is 0 Å². The number of halogens is 2. The molecule has 1 aliphatic rings. The third-order valence-electron chi connectivity index (χ3n) is 3.54. The summed E-state index contributed by atoms with van der Waals surface area (Å²) in [5.74, 6) is -2.56. The zero-order valence-electron chi connectivity index (χ0n) is 10.2. The minimum Gasteiger partial charge on any atom is -0.377 e. The molecule has 1 aromatic rings. The predicted octanol–water partition coefficient (Wildman–Crippen LogP) is 2.38. The van der Waals surface area contributed by atoms with Crippen LogP contribution in [0.2, 0.25) is 0 Å². The molecular weight excluding hydrogens is 222 g/mol. The van der Waals surface area contributed by atoms with Gasteiger partial charge >= 0.3 is 0 Å². The van der Waals surface area contributed by atoms with Crippen molar-refractivity contribution in [1.29, 1.82) is 0 Å². The first-order valence-electron chi connectivity index (χ1n) is 5.75. The lowest BCUT2D eigenvalue weighted by atomic mass is 9.61. The SMILES string of the molecule is CN(C)c1ccccc1C1(CN)CC(F)(F)C1. The summed E-state index contributed by atoms with van der Waals surface area (Å²) >= 11 is 0. The summed E-state index contributed by atoms with van der Waals surface area (Å²) in [6, 6.07) is 7.66. The molecule has 17 heavy (non-hydrogen) atoms. The lowest BCUT2D eigenvalue weighted by molar-refractivity contribution is -0.123. The third kappa shape index (κ3) is 2.02. The second-order valence-corrected chi connectivity index (χ2v) is 5.11. The highest BCUT2D eigenvalue weighted by atomic mass is 19.3. The Morgan fingerprint density at radius 3 is 2.29 bits per heavy atom. The van der Waals surface area contributed by atoms with Crippen molar-refractivity contribution in [2.45, 2.75) is 24.2 Å². The van der Waals surface area contributed by atoms with Gasteiger partial charge in [0.2, 0.25) is 5.92 Å². The average Bonchev–Trinajstić information content (AvgIpc) is 2.25. The van der Waals surface area contributed by atoms with E-state index in [0.717, 1.165) is 11.3 Å². The van der Waals surface area contributed by atoms with Crippen LogP contribution in [-0.4, -0.2) is 26.6 Å². The second-order valence-electron chi connectivity index (χ2n) is 5.11. The number of benzene rings is 1. The van der Waals surface area contributed by atoms with E-state index in [1.165, 1.54) is 0 Å². The van der Waals surface area contributed by atoms with Crippen molar-refractivity contribution >= 4 is 5.69 Å². The number of hydrogen-bond donors (Lipinski definition) is 1. The molecule has 0 saturated heterocycles. The van der Waals surface area contributed by atoms with Gasteiger partial charge in [0.25, 0.3) is 0 Å². The Balaban J connectivity index is 2.39. The van der Waals surface area contributed by atoms with Crippen LogP contribution in [-0.2, 0) is 5.41 Å². The van der Waals surface area contributed by atoms with E-state index in [0.29, 0.717) is 0 Å². The maximum Gasteiger partial charge on any atom is 0.250 e. The molecule has 0 amide bonds. The summed E-state index contributed by atoms with van der Waals surface area (Å²) in [7, 11) is 3.83. The van der Waals surface area contributed by atoms with Gasteiger partial charge in [0.05, 0.1) is 0 Å². The smallest absolute Gasteiger partial charge is 0.250 e. The highest BCUT2D eigenvalue weighted by Crippen LogP contribution is 2.54. The first-order valence-corrected chi connectivity index (χ1v) is 5.75. The molecule has 1 fully saturated rings. The third-order valence-corrected chi connectivity index (χ3v) is 3.54. The molecule has 0 aromatic heterocycles. The Kier molecular flexibility index (Phi) is 2.86. The molecule has 4 heteroatoms. The van der Waals surface area contributed by atoms with Crippen molar-refractivity contribution in [3.8, 4) is 0 Å². The standard InChI is InChI=1S/C13H18F2N2/c1-17(2)11-6-4-3-5-10(11)12(9-16)7-13(14,15)8-12/h3-6H,7-9,16H2,1-2H3. The monoisotopic (exact) mass is 240 g/mol. The fourth-order valence-electron chi connectivity index (χ4n) is 2.70. The van der Waals surface area contributed by atoms with Crippen LogP contribution >= 0.6 is 0 Å². The number of nitrogens with zero attached hydrogens (tertiary/aromatic N) is 1. The molecule has 1 saturated carbocycles. The molecule has 0 atom stereocenters. The molecule has 1 aliphatic carbocycles. The van der Waals surface area contributed by atoms with E-state index in [4.69, 9.17) is 5.73 Å². The van der Waals surface area contributed by atoms with Crippen LogP contribution in [0.5, 0.6) is 0 Å². The number of alkyl halides is 2. The normalized spacial score (nSPS) is 20.8. The Morgan fingerprint density at radius 1 is 1.24 bits per heavy atom. The zero-order valence-corrected chi connectivity index (χ0v) is 10.2. The number of hydrogen-bond acceptors (Lipinski definition) is 2. The van der Waals surface area contributed by atoms with Crippen LogP contribution in [0, 0.1) is 0 Å². The van der Waals surface area contributed by atoms with Crippen molar-refractivity contribution in [2.24, 2.45) is 5.73 Å². The molecule has 2 rings (SSSR count). The van der Waals surface area contributed by atoms with Gasteiger partial charge in [0.1, 0.15) is 0 Å². The highest BCUT2D eigenvalue weighted by molar-refractivity contribution is 5.57. The molecule has 0 heterocycles. The van der Waals surface area contributed by atoms with Crippen LogP contribution in [0.1, 0.15) is 18.4 Å².